The lowest BCUT2D eigenvalue weighted by atomic mass is 10.1. The van der Waals surface area contributed by atoms with Crippen molar-refractivity contribution in [2.45, 2.75) is 12.7 Å². The standard InChI is InChI=1S/C16H12F3N3O/c17-16(18,19)13-4-1-10(2-5-13)8-20-15(23)11-3-6-14-12(7-11)9-21-22-14/h1-7,9H,8H2,(H,20,23)(H,21,22). The molecule has 118 valence electrons. The summed E-state index contributed by atoms with van der Waals surface area (Å²) in [5.41, 5.74) is 1.17. The number of nitrogens with zero attached hydrogens (tertiary/aromatic N) is 1. The highest BCUT2D eigenvalue weighted by molar-refractivity contribution is 5.97. The van der Waals surface area contributed by atoms with Crippen LogP contribution in [0.3, 0.4) is 0 Å². The van der Waals surface area contributed by atoms with Gasteiger partial charge in [0.1, 0.15) is 0 Å². The Morgan fingerprint density at radius 1 is 1.13 bits per heavy atom. The molecule has 0 atom stereocenters. The van der Waals surface area contributed by atoms with Crippen LogP contribution < -0.4 is 5.32 Å². The Hall–Kier alpha value is -2.83. The van der Waals surface area contributed by atoms with Crippen molar-refractivity contribution in [3.05, 3.63) is 65.4 Å². The zero-order valence-electron chi connectivity index (χ0n) is 11.8. The number of nitrogens with one attached hydrogen (secondary N) is 2. The second-order valence-corrected chi connectivity index (χ2v) is 5.05. The van der Waals surface area contributed by atoms with Crippen molar-refractivity contribution in [1.29, 1.82) is 0 Å². The van der Waals surface area contributed by atoms with Gasteiger partial charge in [-0.2, -0.15) is 18.3 Å². The monoisotopic (exact) mass is 319 g/mol. The molecular weight excluding hydrogens is 307 g/mol. The molecule has 2 N–H and O–H groups in total. The molecule has 0 saturated heterocycles. The van der Waals surface area contributed by atoms with E-state index in [4.69, 9.17) is 0 Å². The molecule has 1 aromatic heterocycles. The summed E-state index contributed by atoms with van der Waals surface area (Å²) in [6.45, 7) is 0.153. The quantitative estimate of drug-likeness (QED) is 0.776. The fraction of sp³-hybridized carbons (Fsp3) is 0.125. The predicted molar refractivity (Wildman–Crippen MR) is 78.7 cm³/mol. The van der Waals surface area contributed by atoms with Gasteiger partial charge in [0, 0.05) is 17.5 Å². The SMILES string of the molecule is O=C(NCc1ccc(C(F)(F)F)cc1)c1ccc2[nH]ncc2c1. The number of hydrogen-bond acceptors (Lipinski definition) is 2. The lowest BCUT2D eigenvalue weighted by Gasteiger charge is -2.09. The molecule has 0 aliphatic carbocycles. The van der Waals surface area contributed by atoms with E-state index in [-0.39, 0.29) is 12.5 Å². The molecular formula is C16H12F3N3O. The van der Waals surface area contributed by atoms with E-state index in [0.717, 1.165) is 23.0 Å². The average Bonchev–Trinajstić information content (AvgIpc) is 2.99. The number of aromatic nitrogens is 2. The Morgan fingerprint density at radius 3 is 2.57 bits per heavy atom. The molecule has 23 heavy (non-hydrogen) atoms. The first-order valence-electron chi connectivity index (χ1n) is 6.81. The highest BCUT2D eigenvalue weighted by Gasteiger charge is 2.29. The Labute approximate surface area is 129 Å². The molecule has 1 heterocycles. The second kappa shape index (κ2) is 5.75. The van der Waals surface area contributed by atoms with E-state index < -0.39 is 11.7 Å². The molecule has 0 unspecified atom stereocenters. The molecule has 0 bridgehead atoms. The number of alkyl halides is 3. The van der Waals surface area contributed by atoms with Gasteiger partial charge in [-0.3, -0.25) is 9.89 Å². The number of halogens is 3. The fourth-order valence-corrected chi connectivity index (χ4v) is 2.18. The number of hydrogen-bond donors (Lipinski definition) is 2. The molecule has 2 aromatic carbocycles. The van der Waals surface area contributed by atoms with Crippen molar-refractivity contribution in [2.75, 3.05) is 0 Å². The summed E-state index contributed by atoms with van der Waals surface area (Å²) >= 11 is 0. The molecule has 3 rings (SSSR count). The highest BCUT2D eigenvalue weighted by Crippen LogP contribution is 2.29. The van der Waals surface area contributed by atoms with Crippen LogP contribution in [0.5, 0.6) is 0 Å². The van der Waals surface area contributed by atoms with Gasteiger partial charge < -0.3 is 5.32 Å². The summed E-state index contributed by atoms with van der Waals surface area (Å²) < 4.78 is 37.4. The minimum atomic E-state index is -4.36. The van der Waals surface area contributed by atoms with Crippen LogP contribution in [0.2, 0.25) is 0 Å². The molecule has 0 spiro atoms. The number of amides is 1. The number of H-pyrrole nitrogens is 1. The summed E-state index contributed by atoms with van der Waals surface area (Å²) in [6.07, 6.45) is -2.75. The third kappa shape index (κ3) is 3.33. The summed E-state index contributed by atoms with van der Waals surface area (Å²) in [4.78, 5) is 12.1. The van der Waals surface area contributed by atoms with Crippen molar-refractivity contribution < 1.29 is 18.0 Å². The number of carbonyl (C=O) groups is 1. The van der Waals surface area contributed by atoms with Crippen LogP contribution >= 0.6 is 0 Å². The maximum absolute atomic E-state index is 12.5. The van der Waals surface area contributed by atoms with E-state index in [1.165, 1.54) is 12.1 Å². The molecule has 0 aliphatic rings. The molecule has 3 aromatic rings. The van der Waals surface area contributed by atoms with Crippen LogP contribution in [0.1, 0.15) is 21.5 Å². The number of rotatable bonds is 3. The first-order valence-corrected chi connectivity index (χ1v) is 6.81. The highest BCUT2D eigenvalue weighted by atomic mass is 19.4. The van der Waals surface area contributed by atoms with Crippen LogP contribution in [0.4, 0.5) is 13.2 Å². The van der Waals surface area contributed by atoms with Crippen molar-refractivity contribution in [3.8, 4) is 0 Å². The summed E-state index contributed by atoms with van der Waals surface area (Å²) in [5.74, 6) is -0.298. The van der Waals surface area contributed by atoms with E-state index >= 15 is 0 Å². The van der Waals surface area contributed by atoms with Gasteiger partial charge in [0.15, 0.2) is 0 Å². The van der Waals surface area contributed by atoms with Crippen LogP contribution in [0, 0.1) is 0 Å². The zero-order chi connectivity index (χ0) is 16.4. The van der Waals surface area contributed by atoms with E-state index in [2.05, 4.69) is 15.5 Å². The number of carbonyl (C=O) groups excluding carboxylic acids is 1. The van der Waals surface area contributed by atoms with Gasteiger partial charge in [-0.25, -0.2) is 0 Å². The largest absolute Gasteiger partial charge is 0.416 e. The van der Waals surface area contributed by atoms with Gasteiger partial charge in [-0.05, 0) is 35.9 Å². The lowest BCUT2D eigenvalue weighted by Crippen LogP contribution is -2.22. The molecule has 1 amide bonds. The topological polar surface area (TPSA) is 57.8 Å². The maximum Gasteiger partial charge on any atom is 0.416 e. The second-order valence-electron chi connectivity index (χ2n) is 5.05. The molecule has 4 nitrogen and oxygen atoms in total. The Balaban J connectivity index is 1.66. The first-order chi connectivity index (χ1) is 10.9. The Kier molecular flexibility index (Phi) is 3.77. The third-order valence-corrected chi connectivity index (χ3v) is 3.44. The van der Waals surface area contributed by atoms with Gasteiger partial charge in [-0.15, -0.1) is 0 Å². The van der Waals surface area contributed by atoms with Gasteiger partial charge in [0.25, 0.3) is 5.91 Å². The minimum Gasteiger partial charge on any atom is -0.348 e. The van der Waals surface area contributed by atoms with Crippen LogP contribution in [-0.2, 0) is 12.7 Å². The van der Waals surface area contributed by atoms with Gasteiger partial charge >= 0.3 is 6.18 Å². The minimum absolute atomic E-state index is 0.153. The van der Waals surface area contributed by atoms with Crippen molar-refractivity contribution in [3.63, 3.8) is 0 Å². The predicted octanol–water partition coefficient (Wildman–Crippen LogP) is 3.51. The smallest absolute Gasteiger partial charge is 0.348 e. The first kappa shape index (κ1) is 15.1. The molecule has 0 radical (unpaired) electrons. The van der Waals surface area contributed by atoms with Gasteiger partial charge in [0.2, 0.25) is 0 Å². The number of benzene rings is 2. The Morgan fingerprint density at radius 2 is 1.87 bits per heavy atom. The van der Waals surface area contributed by atoms with Crippen molar-refractivity contribution in [2.24, 2.45) is 0 Å². The van der Waals surface area contributed by atoms with Gasteiger partial charge in [-0.1, -0.05) is 12.1 Å². The van der Waals surface area contributed by atoms with Crippen molar-refractivity contribution >= 4 is 16.8 Å². The van der Waals surface area contributed by atoms with E-state index in [1.54, 1.807) is 24.4 Å². The summed E-state index contributed by atoms with van der Waals surface area (Å²) in [6, 6.07) is 9.79. The van der Waals surface area contributed by atoms with Gasteiger partial charge in [0.05, 0.1) is 17.3 Å². The fourth-order valence-electron chi connectivity index (χ4n) is 2.18. The van der Waals surface area contributed by atoms with Crippen LogP contribution in [0.15, 0.2) is 48.7 Å². The average molecular weight is 319 g/mol. The lowest BCUT2D eigenvalue weighted by molar-refractivity contribution is -0.137. The summed E-state index contributed by atoms with van der Waals surface area (Å²) in [5, 5.41) is 10.2. The van der Waals surface area contributed by atoms with E-state index in [1.807, 2.05) is 0 Å². The van der Waals surface area contributed by atoms with E-state index in [9.17, 15) is 18.0 Å². The number of fused-ring (bicyclic) bond motifs is 1. The van der Waals surface area contributed by atoms with Crippen molar-refractivity contribution in [1.82, 2.24) is 15.5 Å². The molecule has 7 heteroatoms. The number of aromatic amines is 1. The van der Waals surface area contributed by atoms with Crippen LogP contribution in [0.25, 0.3) is 10.9 Å². The zero-order valence-corrected chi connectivity index (χ0v) is 11.8. The summed E-state index contributed by atoms with van der Waals surface area (Å²) in [7, 11) is 0. The Bertz CT molecular complexity index is 838. The third-order valence-electron chi connectivity index (χ3n) is 3.44. The molecule has 0 fully saturated rings. The molecule has 0 aliphatic heterocycles. The molecule has 0 saturated carbocycles. The maximum atomic E-state index is 12.5. The van der Waals surface area contributed by atoms with Crippen LogP contribution in [-0.4, -0.2) is 16.1 Å². The normalized spacial score (nSPS) is 11.6. The van der Waals surface area contributed by atoms with E-state index in [0.29, 0.717) is 11.1 Å².